The highest BCUT2D eigenvalue weighted by atomic mass is 16.5. The molecule has 0 saturated heterocycles. The van der Waals surface area contributed by atoms with Gasteiger partial charge in [0.25, 0.3) is 0 Å². The van der Waals surface area contributed by atoms with Crippen molar-refractivity contribution in [3.8, 4) is 11.5 Å². The lowest BCUT2D eigenvalue weighted by Crippen LogP contribution is -2.17. The van der Waals surface area contributed by atoms with Gasteiger partial charge in [-0.15, -0.1) is 0 Å². The van der Waals surface area contributed by atoms with Crippen molar-refractivity contribution in [3.63, 3.8) is 0 Å². The Morgan fingerprint density at radius 2 is 2.05 bits per heavy atom. The molecule has 0 aromatic heterocycles. The van der Waals surface area contributed by atoms with Gasteiger partial charge in [-0.3, -0.25) is 0 Å². The number of hydrogen-bond acceptors (Lipinski definition) is 5. The molecular formula is C13H18O6. The van der Waals surface area contributed by atoms with Gasteiger partial charge in [-0.2, -0.15) is 0 Å². The number of rotatable bonds is 8. The van der Waals surface area contributed by atoms with E-state index in [0.717, 1.165) is 0 Å². The van der Waals surface area contributed by atoms with E-state index in [1.807, 2.05) is 0 Å². The largest absolute Gasteiger partial charge is 0.497 e. The van der Waals surface area contributed by atoms with Crippen LogP contribution in [0.2, 0.25) is 0 Å². The van der Waals surface area contributed by atoms with Gasteiger partial charge in [-0.1, -0.05) is 0 Å². The van der Waals surface area contributed by atoms with Crippen LogP contribution in [0.4, 0.5) is 0 Å². The zero-order valence-corrected chi connectivity index (χ0v) is 11.0. The van der Waals surface area contributed by atoms with E-state index in [9.17, 15) is 9.90 Å². The first-order chi connectivity index (χ1) is 9.13. The molecule has 0 amide bonds. The normalized spacial score (nSPS) is 11.9. The lowest BCUT2D eigenvalue weighted by atomic mass is 10.1. The number of aliphatic hydroxyl groups is 1. The molecule has 106 valence electrons. The van der Waals surface area contributed by atoms with Crippen LogP contribution in [0.1, 0.15) is 18.1 Å². The fourth-order valence-electron chi connectivity index (χ4n) is 1.59. The molecule has 1 aromatic rings. The molecule has 1 atom stereocenters. The fraction of sp³-hybridized carbons (Fsp3) is 0.462. The third-order valence-corrected chi connectivity index (χ3v) is 2.53. The Balaban J connectivity index is 2.97. The average molecular weight is 270 g/mol. The molecule has 6 nitrogen and oxygen atoms in total. The van der Waals surface area contributed by atoms with E-state index in [2.05, 4.69) is 0 Å². The summed E-state index contributed by atoms with van der Waals surface area (Å²) >= 11 is 0. The number of methoxy groups -OCH3 is 2. The van der Waals surface area contributed by atoms with Gasteiger partial charge >= 0.3 is 5.97 Å². The van der Waals surface area contributed by atoms with E-state index >= 15 is 0 Å². The van der Waals surface area contributed by atoms with E-state index in [1.165, 1.54) is 14.2 Å². The lowest BCUT2D eigenvalue weighted by molar-refractivity contribution is -0.151. The summed E-state index contributed by atoms with van der Waals surface area (Å²) in [4.78, 5) is 11.2. The Bertz CT molecular complexity index is 418. The van der Waals surface area contributed by atoms with E-state index in [-0.39, 0.29) is 13.2 Å². The minimum absolute atomic E-state index is 0.0495. The van der Waals surface area contributed by atoms with Crippen LogP contribution in [-0.2, 0) is 9.53 Å². The predicted octanol–water partition coefficient (Wildman–Crippen LogP) is 1.23. The number of ether oxygens (including phenoxy) is 3. The van der Waals surface area contributed by atoms with Crippen LogP contribution in [0.5, 0.6) is 11.5 Å². The Kier molecular flexibility index (Phi) is 6.11. The van der Waals surface area contributed by atoms with E-state index < -0.39 is 12.1 Å². The van der Waals surface area contributed by atoms with Crippen LogP contribution in [0.25, 0.3) is 0 Å². The van der Waals surface area contributed by atoms with Crippen LogP contribution in [0.15, 0.2) is 18.2 Å². The summed E-state index contributed by atoms with van der Waals surface area (Å²) in [6, 6.07) is 4.83. The molecule has 1 aromatic carbocycles. The molecule has 0 radical (unpaired) electrons. The molecule has 1 rings (SSSR count). The maximum Gasteiger partial charge on any atom is 0.337 e. The second kappa shape index (κ2) is 7.60. The van der Waals surface area contributed by atoms with Crippen molar-refractivity contribution in [2.24, 2.45) is 0 Å². The quantitative estimate of drug-likeness (QED) is 0.691. The number of carbonyl (C=O) groups is 1. The first kappa shape index (κ1) is 15.3. The smallest absolute Gasteiger partial charge is 0.337 e. The maximum absolute atomic E-state index is 11.2. The van der Waals surface area contributed by atoms with Crippen LogP contribution in [-0.4, -0.2) is 43.6 Å². The Morgan fingerprint density at radius 1 is 1.32 bits per heavy atom. The molecule has 19 heavy (non-hydrogen) atoms. The van der Waals surface area contributed by atoms with Crippen LogP contribution in [0, 0.1) is 0 Å². The molecule has 0 aliphatic heterocycles. The van der Waals surface area contributed by atoms with Gasteiger partial charge in [0.05, 0.1) is 20.8 Å². The standard InChI is InChI=1S/C13H18O6/c1-17-9-4-5-10(11(8-9)18-2)12(13(15)16)19-7-3-6-14/h4-5,8,12,14H,3,6-7H2,1-2H3,(H,15,16). The van der Waals surface area contributed by atoms with Crippen molar-refractivity contribution in [3.05, 3.63) is 23.8 Å². The van der Waals surface area contributed by atoms with Crippen LogP contribution in [0.3, 0.4) is 0 Å². The SMILES string of the molecule is COc1ccc(C(OCCCO)C(=O)O)c(OC)c1. The lowest BCUT2D eigenvalue weighted by Gasteiger charge is -2.17. The predicted molar refractivity (Wildman–Crippen MR) is 67.6 cm³/mol. The van der Waals surface area contributed by atoms with Gasteiger partial charge in [0.2, 0.25) is 0 Å². The third-order valence-electron chi connectivity index (χ3n) is 2.53. The van der Waals surface area contributed by atoms with E-state index in [1.54, 1.807) is 18.2 Å². The number of carboxylic acids is 1. The number of aliphatic carboxylic acids is 1. The van der Waals surface area contributed by atoms with Crippen molar-refractivity contribution in [1.29, 1.82) is 0 Å². The topological polar surface area (TPSA) is 85.2 Å². The van der Waals surface area contributed by atoms with Crippen molar-refractivity contribution in [2.75, 3.05) is 27.4 Å². The molecule has 0 fully saturated rings. The molecule has 2 N–H and O–H groups in total. The van der Waals surface area contributed by atoms with Gasteiger partial charge in [-0.25, -0.2) is 4.79 Å². The Morgan fingerprint density at radius 3 is 2.58 bits per heavy atom. The molecule has 0 aliphatic rings. The van der Waals surface area contributed by atoms with Crippen LogP contribution >= 0.6 is 0 Å². The molecule has 0 saturated carbocycles. The van der Waals surface area contributed by atoms with Gasteiger partial charge in [0.1, 0.15) is 11.5 Å². The first-order valence-electron chi connectivity index (χ1n) is 5.81. The number of benzene rings is 1. The summed E-state index contributed by atoms with van der Waals surface area (Å²) in [7, 11) is 2.96. The zero-order chi connectivity index (χ0) is 14.3. The average Bonchev–Trinajstić information content (AvgIpc) is 2.43. The molecule has 0 bridgehead atoms. The Labute approximate surface area is 111 Å². The van der Waals surface area contributed by atoms with Crippen molar-refractivity contribution in [2.45, 2.75) is 12.5 Å². The van der Waals surface area contributed by atoms with Crippen molar-refractivity contribution in [1.82, 2.24) is 0 Å². The highest BCUT2D eigenvalue weighted by Crippen LogP contribution is 2.31. The second-order valence-electron chi connectivity index (χ2n) is 3.77. The Hall–Kier alpha value is -1.79. The molecule has 0 aliphatic carbocycles. The molecular weight excluding hydrogens is 252 g/mol. The minimum Gasteiger partial charge on any atom is -0.497 e. The molecule has 0 spiro atoms. The molecule has 6 heteroatoms. The first-order valence-corrected chi connectivity index (χ1v) is 5.81. The van der Waals surface area contributed by atoms with Gasteiger partial charge in [0.15, 0.2) is 6.10 Å². The fourth-order valence-corrected chi connectivity index (χ4v) is 1.59. The van der Waals surface area contributed by atoms with Crippen molar-refractivity contribution >= 4 is 5.97 Å². The summed E-state index contributed by atoms with van der Waals surface area (Å²) in [5.41, 5.74) is 0.411. The highest BCUT2D eigenvalue weighted by molar-refractivity contribution is 5.75. The van der Waals surface area contributed by atoms with Gasteiger partial charge < -0.3 is 24.4 Å². The number of hydrogen-bond donors (Lipinski definition) is 2. The zero-order valence-electron chi connectivity index (χ0n) is 11.0. The summed E-state index contributed by atoms with van der Waals surface area (Å²) in [6.45, 7) is 0.106. The van der Waals surface area contributed by atoms with Gasteiger partial charge in [-0.05, 0) is 18.6 Å². The maximum atomic E-state index is 11.2. The van der Waals surface area contributed by atoms with Gasteiger partial charge in [0, 0.05) is 18.2 Å². The second-order valence-corrected chi connectivity index (χ2v) is 3.77. The summed E-state index contributed by atoms with van der Waals surface area (Å²) in [6.07, 6.45) is -0.755. The summed E-state index contributed by atoms with van der Waals surface area (Å²) < 4.78 is 15.5. The number of carboxylic acid groups (broad SMARTS) is 1. The molecule has 1 unspecified atom stereocenters. The monoisotopic (exact) mass is 270 g/mol. The van der Waals surface area contributed by atoms with E-state index in [0.29, 0.717) is 23.5 Å². The minimum atomic E-state index is -1.13. The molecule has 0 heterocycles. The third kappa shape index (κ3) is 4.11. The van der Waals surface area contributed by atoms with E-state index in [4.69, 9.17) is 19.3 Å². The number of aliphatic hydroxyl groups excluding tert-OH is 1. The summed E-state index contributed by atoms with van der Waals surface area (Å²) in [5.74, 6) is -0.155. The van der Waals surface area contributed by atoms with Crippen LogP contribution < -0.4 is 9.47 Å². The van der Waals surface area contributed by atoms with Crippen molar-refractivity contribution < 1.29 is 29.2 Å². The highest BCUT2D eigenvalue weighted by Gasteiger charge is 2.24. The summed E-state index contributed by atoms with van der Waals surface area (Å²) in [5, 5.41) is 17.9.